The molecule has 1 heterocycles. The van der Waals surface area contributed by atoms with Gasteiger partial charge in [0.05, 0.1) is 9.72 Å². The number of thiol groups is 1. The van der Waals surface area contributed by atoms with Gasteiger partial charge in [0.1, 0.15) is 5.69 Å². The molecule has 0 atom stereocenters. The van der Waals surface area contributed by atoms with Gasteiger partial charge in [-0.2, -0.15) is 0 Å². The molecule has 4 heteroatoms. The Morgan fingerprint density at radius 1 is 1.58 bits per heavy atom. The lowest BCUT2D eigenvalue weighted by atomic mass is 9.89. The summed E-state index contributed by atoms with van der Waals surface area (Å²) in [6.45, 7) is 5.63. The predicted octanol–water partition coefficient (Wildman–Crippen LogP) is 2.66. The SMILES string of the molecule is CC(C)(C)C(=O)c1ncsc1S. The van der Waals surface area contributed by atoms with Crippen LogP contribution in [0.5, 0.6) is 0 Å². The van der Waals surface area contributed by atoms with E-state index in [1.54, 1.807) is 5.51 Å². The molecular weight excluding hydrogens is 190 g/mol. The first-order chi connectivity index (χ1) is 5.43. The van der Waals surface area contributed by atoms with Gasteiger partial charge in [-0.25, -0.2) is 4.98 Å². The molecule has 0 aliphatic carbocycles. The molecule has 0 spiro atoms. The van der Waals surface area contributed by atoms with Crippen molar-refractivity contribution in [3.63, 3.8) is 0 Å². The summed E-state index contributed by atoms with van der Waals surface area (Å²) in [7, 11) is 0. The van der Waals surface area contributed by atoms with E-state index in [2.05, 4.69) is 17.6 Å². The highest BCUT2D eigenvalue weighted by Gasteiger charge is 2.26. The molecule has 12 heavy (non-hydrogen) atoms. The molecule has 0 amide bonds. The Labute approximate surface area is 81.4 Å². The van der Waals surface area contributed by atoms with Crippen LogP contribution in [0.15, 0.2) is 9.72 Å². The third-order valence-corrected chi connectivity index (χ3v) is 2.60. The molecule has 0 fully saturated rings. The van der Waals surface area contributed by atoms with E-state index in [1.165, 1.54) is 11.3 Å². The minimum absolute atomic E-state index is 0.0498. The molecule has 0 aliphatic rings. The number of nitrogens with zero attached hydrogens (tertiary/aromatic N) is 1. The van der Waals surface area contributed by atoms with Crippen molar-refractivity contribution in [2.45, 2.75) is 25.0 Å². The summed E-state index contributed by atoms with van der Waals surface area (Å²) in [5.74, 6) is 0.0498. The second-order valence-corrected chi connectivity index (χ2v) is 5.19. The largest absolute Gasteiger partial charge is 0.292 e. The van der Waals surface area contributed by atoms with E-state index in [0.717, 1.165) is 0 Å². The minimum Gasteiger partial charge on any atom is -0.292 e. The lowest BCUT2D eigenvalue weighted by Gasteiger charge is -2.14. The topological polar surface area (TPSA) is 30.0 Å². The third-order valence-electron chi connectivity index (χ3n) is 1.44. The van der Waals surface area contributed by atoms with Crippen molar-refractivity contribution in [2.75, 3.05) is 0 Å². The number of thiazole rings is 1. The van der Waals surface area contributed by atoms with Crippen LogP contribution in [-0.2, 0) is 0 Å². The quantitative estimate of drug-likeness (QED) is 0.559. The maximum Gasteiger partial charge on any atom is 0.188 e. The number of carbonyl (C=O) groups is 1. The zero-order valence-corrected chi connectivity index (χ0v) is 9.00. The van der Waals surface area contributed by atoms with Gasteiger partial charge < -0.3 is 0 Å². The summed E-state index contributed by atoms with van der Waals surface area (Å²) in [5, 5.41) is 0. The Bertz CT molecular complexity index is 298. The Kier molecular flexibility index (Phi) is 2.58. The monoisotopic (exact) mass is 201 g/mol. The Hall–Kier alpha value is -0.350. The number of hydrogen-bond donors (Lipinski definition) is 1. The van der Waals surface area contributed by atoms with Crippen molar-refractivity contribution in [3.05, 3.63) is 11.2 Å². The molecule has 0 N–H and O–H groups in total. The molecule has 0 aromatic carbocycles. The molecule has 1 aromatic heterocycles. The maximum atomic E-state index is 11.6. The summed E-state index contributed by atoms with van der Waals surface area (Å²) in [6.07, 6.45) is 0. The highest BCUT2D eigenvalue weighted by atomic mass is 32.2. The van der Waals surface area contributed by atoms with Crippen molar-refractivity contribution in [2.24, 2.45) is 5.41 Å². The number of hydrogen-bond acceptors (Lipinski definition) is 4. The van der Waals surface area contributed by atoms with Gasteiger partial charge in [0.15, 0.2) is 5.78 Å². The van der Waals surface area contributed by atoms with Gasteiger partial charge in [-0.05, 0) is 0 Å². The summed E-state index contributed by atoms with van der Waals surface area (Å²) in [4.78, 5) is 15.6. The van der Waals surface area contributed by atoms with Crippen molar-refractivity contribution in [1.29, 1.82) is 0 Å². The standard InChI is InChI=1S/C8H11NOS2/c1-8(2,3)6(10)5-7(11)12-4-9-5/h4,11H,1-3H3. The van der Waals surface area contributed by atoms with E-state index < -0.39 is 0 Å². The van der Waals surface area contributed by atoms with Gasteiger partial charge in [0.2, 0.25) is 0 Å². The summed E-state index contributed by atoms with van der Waals surface area (Å²) < 4.78 is 0.704. The van der Waals surface area contributed by atoms with Gasteiger partial charge >= 0.3 is 0 Å². The van der Waals surface area contributed by atoms with Crippen LogP contribution in [0.4, 0.5) is 0 Å². The third kappa shape index (κ3) is 1.87. The van der Waals surface area contributed by atoms with E-state index >= 15 is 0 Å². The second kappa shape index (κ2) is 3.18. The van der Waals surface area contributed by atoms with E-state index in [4.69, 9.17) is 0 Å². The summed E-state index contributed by atoms with van der Waals surface area (Å²) in [5.41, 5.74) is 1.77. The second-order valence-electron chi connectivity index (χ2n) is 3.59. The Morgan fingerprint density at radius 2 is 2.17 bits per heavy atom. The number of Topliss-reactive ketones (excluding diaryl/α,β-unsaturated/α-hetero) is 1. The van der Waals surface area contributed by atoms with Crippen LogP contribution in [0.2, 0.25) is 0 Å². The Balaban J connectivity index is 3.01. The molecule has 1 aromatic rings. The smallest absolute Gasteiger partial charge is 0.188 e. The molecule has 1 rings (SSSR count). The van der Waals surface area contributed by atoms with Gasteiger partial charge in [-0.3, -0.25) is 4.79 Å². The van der Waals surface area contributed by atoms with Crippen LogP contribution in [0.25, 0.3) is 0 Å². The van der Waals surface area contributed by atoms with Crippen molar-refractivity contribution < 1.29 is 4.79 Å². The van der Waals surface area contributed by atoms with Crippen molar-refractivity contribution in [3.8, 4) is 0 Å². The number of aromatic nitrogens is 1. The predicted molar refractivity (Wildman–Crippen MR) is 53.2 cm³/mol. The highest BCUT2D eigenvalue weighted by molar-refractivity contribution is 7.82. The molecule has 0 radical (unpaired) electrons. The number of ketones is 1. The molecule has 0 saturated carbocycles. The van der Waals surface area contributed by atoms with Crippen LogP contribution < -0.4 is 0 Å². The first kappa shape index (κ1) is 9.74. The van der Waals surface area contributed by atoms with Crippen LogP contribution in [0.3, 0.4) is 0 Å². The number of carbonyl (C=O) groups excluding carboxylic acids is 1. The fraction of sp³-hybridized carbons (Fsp3) is 0.500. The zero-order valence-electron chi connectivity index (χ0n) is 7.29. The van der Waals surface area contributed by atoms with Gasteiger partial charge in [0.25, 0.3) is 0 Å². The van der Waals surface area contributed by atoms with Gasteiger partial charge in [0, 0.05) is 5.41 Å². The fourth-order valence-electron chi connectivity index (χ4n) is 0.751. The highest BCUT2D eigenvalue weighted by Crippen LogP contribution is 2.26. The molecule has 0 bridgehead atoms. The summed E-state index contributed by atoms with van der Waals surface area (Å²) in [6, 6.07) is 0. The lowest BCUT2D eigenvalue weighted by molar-refractivity contribution is 0.0850. The average molecular weight is 201 g/mol. The average Bonchev–Trinajstić information content (AvgIpc) is 2.31. The molecule has 0 unspecified atom stereocenters. The molecule has 0 saturated heterocycles. The van der Waals surface area contributed by atoms with E-state index in [-0.39, 0.29) is 11.2 Å². The normalized spacial score (nSPS) is 11.7. The lowest BCUT2D eigenvalue weighted by Crippen LogP contribution is -2.20. The van der Waals surface area contributed by atoms with Gasteiger partial charge in [-0.15, -0.1) is 24.0 Å². The molecule has 66 valence electrons. The van der Waals surface area contributed by atoms with Gasteiger partial charge in [-0.1, -0.05) is 20.8 Å². The summed E-state index contributed by atoms with van der Waals surface area (Å²) >= 11 is 5.54. The van der Waals surface area contributed by atoms with Crippen molar-refractivity contribution >= 4 is 29.7 Å². The van der Waals surface area contributed by atoms with E-state index in [0.29, 0.717) is 9.90 Å². The zero-order chi connectivity index (χ0) is 9.35. The van der Waals surface area contributed by atoms with E-state index in [1.807, 2.05) is 20.8 Å². The fourth-order valence-corrected chi connectivity index (χ4v) is 1.57. The van der Waals surface area contributed by atoms with Crippen LogP contribution in [0.1, 0.15) is 31.3 Å². The molecular formula is C8H11NOS2. The van der Waals surface area contributed by atoms with Crippen LogP contribution in [0, 0.1) is 5.41 Å². The first-order valence-corrected chi connectivity index (χ1v) is 4.93. The number of rotatable bonds is 1. The minimum atomic E-state index is -0.369. The van der Waals surface area contributed by atoms with E-state index in [9.17, 15) is 4.79 Å². The Morgan fingerprint density at radius 3 is 2.50 bits per heavy atom. The van der Waals surface area contributed by atoms with Crippen molar-refractivity contribution in [1.82, 2.24) is 4.98 Å². The maximum absolute atomic E-state index is 11.6. The molecule has 2 nitrogen and oxygen atoms in total. The van der Waals surface area contributed by atoms with Crippen LogP contribution in [-0.4, -0.2) is 10.8 Å². The molecule has 0 aliphatic heterocycles. The van der Waals surface area contributed by atoms with Crippen LogP contribution >= 0.6 is 24.0 Å². The first-order valence-electron chi connectivity index (χ1n) is 3.60.